The number of pyridine rings is 1. The predicted octanol–water partition coefficient (Wildman–Crippen LogP) is 1.66. The molecular weight excluding hydrogens is 200 g/mol. The molecule has 0 aliphatic heterocycles. The molecule has 2 N–H and O–H groups in total. The molecule has 0 bridgehead atoms. The summed E-state index contributed by atoms with van der Waals surface area (Å²) in [4.78, 5) is 13.6. The maximum atomic E-state index is 11.0. The van der Waals surface area contributed by atoms with Gasteiger partial charge in [0.15, 0.2) is 0 Å². The first-order chi connectivity index (χ1) is 7.84. The van der Waals surface area contributed by atoms with Crippen molar-refractivity contribution in [2.45, 2.75) is 13.1 Å². The summed E-state index contributed by atoms with van der Waals surface area (Å²) in [6.07, 6.45) is 1.67. The van der Waals surface area contributed by atoms with E-state index in [0.717, 1.165) is 12.1 Å². The molecule has 0 fully saturated rings. The molecule has 16 heavy (non-hydrogen) atoms. The van der Waals surface area contributed by atoms with Crippen LogP contribution in [0, 0.1) is 0 Å². The van der Waals surface area contributed by atoms with E-state index in [0.29, 0.717) is 6.54 Å². The summed E-state index contributed by atoms with van der Waals surface area (Å²) in [5.41, 5.74) is 2.19. The third-order valence-corrected chi connectivity index (χ3v) is 2.34. The summed E-state index contributed by atoms with van der Waals surface area (Å²) < 4.78 is 0. The molecule has 0 amide bonds. The largest absolute Gasteiger partial charge is 0.329 e. The molecule has 0 saturated carbocycles. The maximum Gasteiger partial charge on any atom is 0.248 e. The number of hydrogen-bond acceptors (Lipinski definition) is 2. The maximum absolute atomic E-state index is 11.0. The minimum Gasteiger partial charge on any atom is -0.329 e. The van der Waals surface area contributed by atoms with Gasteiger partial charge in [-0.3, -0.25) is 4.79 Å². The van der Waals surface area contributed by atoms with Gasteiger partial charge in [0.1, 0.15) is 0 Å². The van der Waals surface area contributed by atoms with Gasteiger partial charge in [-0.2, -0.15) is 0 Å². The molecule has 0 atom stereocenters. The number of aromatic amines is 1. The number of rotatable bonds is 4. The Balaban J connectivity index is 1.87. The normalized spacial score (nSPS) is 10.2. The van der Waals surface area contributed by atoms with Gasteiger partial charge in [-0.05, 0) is 17.2 Å². The molecule has 0 unspecified atom stereocenters. The van der Waals surface area contributed by atoms with E-state index in [9.17, 15) is 4.79 Å². The second kappa shape index (κ2) is 5.28. The van der Waals surface area contributed by atoms with Crippen molar-refractivity contribution in [3.05, 3.63) is 70.1 Å². The Bertz CT molecular complexity index is 491. The Morgan fingerprint density at radius 3 is 2.50 bits per heavy atom. The second-order valence-electron chi connectivity index (χ2n) is 3.65. The molecule has 1 aromatic heterocycles. The van der Waals surface area contributed by atoms with E-state index in [1.807, 2.05) is 24.3 Å². The molecule has 0 aliphatic rings. The molecule has 1 heterocycles. The van der Waals surface area contributed by atoms with Crippen molar-refractivity contribution in [2.75, 3.05) is 0 Å². The van der Waals surface area contributed by atoms with Crippen LogP contribution in [-0.2, 0) is 13.1 Å². The van der Waals surface area contributed by atoms with Crippen molar-refractivity contribution in [3.63, 3.8) is 0 Å². The smallest absolute Gasteiger partial charge is 0.248 e. The first kappa shape index (κ1) is 10.6. The third-order valence-electron chi connectivity index (χ3n) is 2.34. The number of aromatic nitrogens is 1. The number of nitrogens with one attached hydrogen (secondary N) is 2. The van der Waals surface area contributed by atoms with E-state index in [-0.39, 0.29) is 5.56 Å². The minimum absolute atomic E-state index is 0.0565. The van der Waals surface area contributed by atoms with E-state index in [1.54, 1.807) is 12.3 Å². The third kappa shape index (κ3) is 3.07. The number of benzene rings is 1. The van der Waals surface area contributed by atoms with Crippen LogP contribution in [0.4, 0.5) is 0 Å². The lowest BCUT2D eigenvalue weighted by Crippen LogP contribution is -2.14. The summed E-state index contributed by atoms with van der Waals surface area (Å²) in [5, 5.41) is 3.29. The van der Waals surface area contributed by atoms with E-state index >= 15 is 0 Å². The predicted molar refractivity (Wildman–Crippen MR) is 64.0 cm³/mol. The monoisotopic (exact) mass is 214 g/mol. The average Bonchev–Trinajstić information content (AvgIpc) is 2.30. The van der Waals surface area contributed by atoms with Crippen LogP contribution >= 0.6 is 0 Å². The summed E-state index contributed by atoms with van der Waals surface area (Å²) in [7, 11) is 0. The van der Waals surface area contributed by atoms with Crippen molar-refractivity contribution in [3.8, 4) is 0 Å². The van der Waals surface area contributed by atoms with Gasteiger partial charge in [0.05, 0.1) is 0 Å². The average molecular weight is 214 g/mol. The SMILES string of the molecule is O=c1cc(CNCc2ccccc2)cc[nH]1. The Morgan fingerprint density at radius 2 is 1.75 bits per heavy atom. The van der Waals surface area contributed by atoms with Gasteiger partial charge in [-0.1, -0.05) is 30.3 Å². The summed E-state index contributed by atoms with van der Waals surface area (Å²) in [6, 6.07) is 13.7. The summed E-state index contributed by atoms with van der Waals surface area (Å²) in [6.45, 7) is 1.52. The van der Waals surface area contributed by atoms with E-state index in [1.165, 1.54) is 5.56 Å². The fourth-order valence-corrected chi connectivity index (χ4v) is 1.55. The van der Waals surface area contributed by atoms with E-state index < -0.39 is 0 Å². The van der Waals surface area contributed by atoms with Crippen LogP contribution in [0.3, 0.4) is 0 Å². The van der Waals surface area contributed by atoms with Gasteiger partial charge in [0, 0.05) is 25.4 Å². The van der Waals surface area contributed by atoms with Crippen LogP contribution in [0.15, 0.2) is 53.5 Å². The van der Waals surface area contributed by atoms with Crippen molar-refractivity contribution in [1.82, 2.24) is 10.3 Å². The molecule has 82 valence electrons. The lowest BCUT2D eigenvalue weighted by molar-refractivity contribution is 0.692. The zero-order chi connectivity index (χ0) is 11.2. The standard InChI is InChI=1S/C13H14N2O/c16-13-8-12(6-7-15-13)10-14-9-11-4-2-1-3-5-11/h1-8,14H,9-10H2,(H,15,16). The zero-order valence-electron chi connectivity index (χ0n) is 8.94. The highest BCUT2D eigenvalue weighted by Gasteiger charge is 1.94. The van der Waals surface area contributed by atoms with Gasteiger partial charge in [-0.25, -0.2) is 0 Å². The fourth-order valence-electron chi connectivity index (χ4n) is 1.55. The topological polar surface area (TPSA) is 44.9 Å². The zero-order valence-corrected chi connectivity index (χ0v) is 8.94. The molecule has 0 aliphatic carbocycles. The van der Waals surface area contributed by atoms with Gasteiger partial charge in [0.25, 0.3) is 0 Å². The highest BCUT2D eigenvalue weighted by atomic mass is 16.1. The van der Waals surface area contributed by atoms with Crippen molar-refractivity contribution >= 4 is 0 Å². The summed E-state index contributed by atoms with van der Waals surface area (Å²) >= 11 is 0. The molecule has 3 heteroatoms. The quantitative estimate of drug-likeness (QED) is 0.813. The van der Waals surface area contributed by atoms with Gasteiger partial charge >= 0.3 is 0 Å². The lowest BCUT2D eigenvalue weighted by atomic mass is 10.2. The Kier molecular flexibility index (Phi) is 3.51. The van der Waals surface area contributed by atoms with Crippen molar-refractivity contribution in [2.24, 2.45) is 0 Å². The van der Waals surface area contributed by atoms with Crippen LogP contribution in [0.2, 0.25) is 0 Å². The van der Waals surface area contributed by atoms with E-state index in [2.05, 4.69) is 22.4 Å². The molecular formula is C13H14N2O. The van der Waals surface area contributed by atoms with Gasteiger partial charge < -0.3 is 10.3 Å². The van der Waals surface area contributed by atoms with Crippen molar-refractivity contribution < 1.29 is 0 Å². The molecule has 0 radical (unpaired) electrons. The van der Waals surface area contributed by atoms with Crippen LogP contribution in [0.5, 0.6) is 0 Å². The van der Waals surface area contributed by atoms with Gasteiger partial charge in [0.2, 0.25) is 5.56 Å². The molecule has 3 nitrogen and oxygen atoms in total. The first-order valence-electron chi connectivity index (χ1n) is 5.27. The molecule has 0 spiro atoms. The molecule has 2 rings (SSSR count). The molecule has 1 aromatic carbocycles. The minimum atomic E-state index is -0.0565. The first-order valence-corrected chi connectivity index (χ1v) is 5.27. The Hall–Kier alpha value is -1.87. The highest BCUT2D eigenvalue weighted by Crippen LogP contribution is 1.98. The lowest BCUT2D eigenvalue weighted by Gasteiger charge is -2.04. The van der Waals surface area contributed by atoms with Crippen LogP contribution in [-0.4, -0.2) is 4.98 Å². The van der Waals surface area contributed by atoms with Crippen LogP contribution < -0.4 is 10.9 Å². The Morgan fingerprint density at radius 1 is 1.00 bits per heavy atom. The van der Waals surface area contributed by atoms with Gasteiger partial charge in [-0.15, -0.1) is 0 Å². The highest BCUT2D eigenvalue weighted by molar-refractivity contribution is 5.15. The van der Waals surface area contributed by atoms with Crippen molar-refractivity contribution in [1.29, 1.82) is 0 Å². The summed E-state index contributed by atoms with van der Waals surface area (Å²) in [5.74, 6) is 0. The number of hydrogen-bond donors (Lipinski definition) is 2. The van der Waals surface area contributed by atoms with Crippen LogP contribution in [0.1, 0.15) is 11.1 Å². The molecule has 2 aromatic rings. The second-order valence-corrected chi connectivity index (χ2v) is 3.65. The Labute approximate surface area is 94.1 Å². The van der Waals surface area contributed by atoms with Crippen LogP contribution in [0.25, 0.3) is 0 Å². The number of H-pyrrole nitrogens is 1. The van der Waals surface area contributed by atoms with E-state index in [4.69, 9.17) is 0 Å². The molecule has 0 saturated heterocycles. The fraction of sp³-hybridized carbons (Fsp3) is 0.154.